The Balaban J connectivity index is 1.82. The third kappa shape index (κ3) is 2.53. The molecule has 0 radical (unpaired) electrons. The van der Waals surface area contributed by atoms with E-state index >= 15 is 0 Å². The number of carbonyl (C=O) groups excluding carboxylic acids is 1. The molecule has 1 aliphatic heterocycles. The van der Waals surface area contributed by atoms with Crippen molar-refractivity contribution in [3.05, 3.63) is 52.8 Å². The minimum atomic E-state index is 0.174. The SMILES string of the molecule is Nc1nc(C=O)c2c(n1)CN(Cc1ccccc1)CC2. The Hall–Kier alpha value is -2.27. The summed E-state index contributed by atoms with van der Waals surface area (Å²) in [5.41, 5.74) is 9.19. The van der Waals surface area contributed by atoms with Crippen LogP contribution in [0.5, 0.6) is 0 Å². The molecule has 0 atom stereocenters. The molecular formula is C15H16N4O. The van der Waals surface area contributed by atoms with Gasteiger partial charge in [-0.05, 0) is 12.0 Å². The topological polar surface area (TPSA) is 72.1 Å². The van der Waals surface area contributed by atoms with Gasteiger partial charge >= 0.3 is 0 Å². The lowest BCUT2D eigenvalue weighted by Gasteiger charge is -2.28. The van der Waals surface area contributed by atoms with E-state index in [1.807, 2.05) is 18.2 Å². The van der Waals surface area contributed by atoms with E-state index in [-0.39, 0.29) is 5.95 Å². The van der Waals surface area contributed by atoms with Crippen molar-refractivity contribution in [2.24, 2.45) is 0 Å². The molecule has 2 N–H and O–H groups in total. The fourth-order valence-corrected chi connectivity index (χ4v) is 2.61. The molecule has 5 heteroatoms. The lowest BCUT2D eigenvalue weighted by Crippen LogP contribution is -2.32. The predicted octanol–water partition coefficient (Wildman–Crippen LogP) is 1.43. The number of nitrogens with two attached hydrogens (primary N) is 1. The Morgan fingerprint density at radius 3 is 2.80 bits per heavy atom. The second-order valence-corrected chi connectivity index (χ2v) is 4.96. The zero-order chi connectivity index (χ0) is 13.9. The van der Waals surface area contributed by atoms with Gasteiger partial charge in [0.15, 0.2) is 6.29 Å². The number of benzene rings is 1. The molecule has 2 aromatic rings. The van der Waals surface area contributed by atoms with Crippen molar-refractivity contribution < 1.29 is 4.79 Å². The van der Waals surface area contributed by atoms with Gasteiger partial charge in [-0.25, -0.2) is 9.97 Å². The van der Waals surface area contributed by atoms with Crippen molar-refractivity contribution in [3.8, 4) is 0 Å². The number of rotatable bonds is 3. The number of hydrogen-bond acceptors (Lipinski definition) is 5. The third-order valence-electron chi connectivity index (χ3n) is 3.55. The fraction of sp³-hybridized carbons (Fsp3) is 0.267. The molecule has 0 amide bonds. The highest BCUT2D eigenvalue weighted by Crippen LogP contribution is 2.21. The Kier molecular flexibility index (Phi) is 3.43. The Labute approximate surface area is 117 Å². The van der Waals surface area contributed by atoms with Crippen molar-refractivity contribution in [2.75, 3.05) is 12.3 Å². The van der Waals surface area contributed by atoms with E-state index in [4.69, 9.17) is 5.73 Å². The van der Waals surface area contributed by atoms with E-state index in [1.165, 1.54) is 5.56 Å². The second-order valence-electron chi connectivity index (χ2n) is 4.96. The fourth-order valence-electron chi connectivity index (χ4n) is 2.61. The first-order valence-corrected chi connectivity index (χ1v) is 6.63. The largest absolute Gasteiger partial charge is 0.368 e. The van der Waals surface area contributed by atoms with Gasteiger partial charge in [0.05, 0.1) is 5.69 Å². The molecule has 0 saturated carbocycles. The van der Waals surface area contributed by atoms with Gasteiger partial charge in [0.25, 0.3) is 0 Å². The van der Waals surface area contributed by atoms with Crippen molar-refractivity contribution in [1.29, 1.82) is 0 Å². The van der Waals surface area contributed by atoms with Crippen LogP contribution < -0.4 is 5.73 Å². The summed E-state index contributed by atoms with van der Waals surface area (Å²) < 4.78 is 0. The number of fused-ring (bicyclic) bond motifs is 1. The Morgan fingerprint density at radius 2 is 2.05 bits per heavy atom. The lowest BCUT2D eigenvalue weighted by molar-refractivity contribution is 0.111. The first-order chi connectivity index (χ1) is 9.76. The monoisotopic (exact) mass is 268 g/mol. The average molecular weight is 268 g/mol. The van der Waals surface area contributed by atoms with Crippen LogP contribution in [0.3, 0.4) is 0 Å². The maximum Gasteiger partial charge on any atom is 0.220 e. The van der Waals surface area contributed by atoms with Crippen LogP contribution >= 0.6 is 0 Å². The lowest BCUT2D eigenvalue weighted by atomic mass is 10.0. The van der Waals surface area contributed by atoms with E-state index in [0.29, 0.717) is 12.2 Å². The average Bonchev–Trinajstić information content (AvgIpc) is 2.47. The number of hydrogen-bond donors (Lipinski definition) is 1. The number of anilines is 1. The smallest absolute Gasteiger partial charge is 0.220 e. The van der Waals surface area contributed by atoms with Crippen LogP contribution in [0.1, 0.15) is 27.3 Å². The van der Waals surface area contributed by atoms with Crippen LogP contribution in [0.15, 0.2) is 30.3 Å². The van der Waals surface area contributed by atoms with Gasteiger partial charge in [-0.1, -0.05) is 30.3 Å². The molecule has 102 valence electrons. The molecule has 1 aliphatic rings. The molecule has 0 bridgehead atoms. The number of aldehydes is 1. The van der Waals surface area contributed by atoms with Crippen LogP contribution in [-0.4, -0.2) is 27.7 Å². The Morgan fingerprint density at radius 1 is 1.25 bits per heavy atom. The summed E-state index contributed by atoms with van der Waals surface area (Å²) in [6.07, 6.45) is 1.56. The van der Waals surface area contributed by atoms with Gasteiger partial charge in [-0.15, -0.1) is 0 Å². The highest BCUT2D eigenvalue weighted by molar-refractivity contribution is 5.75. The number of aromatic nitrogens is 2. The van der Waals surface area contributed by atoms with Gasteiger partial charge in [-0.3, -0.25) is 9.69 Å². The number of nitrogens with zero attached hydrogens (tertiary/aromatic N) is 3. The summed E-state index contributed by atoms with van der Waals surface area (Å²) in [6.45, 7) is 2.48. The minimum Gasteiger partial charge on any atom is -0.368 e. The highest BCUT2D eigenvalue weighted by Gasteiger charge is 2.21. The van der Waals surface area contributed by atoms with Crippen LogP contribution in [0.25, 0.3) is 0 Å². The Bertz CT molecular complexity index is 627. The van der Waals surface area contributed by atoms with E-state index in [9.17, 15) is 4.79 Å². The molecule has 5 nitrogen and oxygen atoms in total. The summed E-state index contributed by atoms with van der Waals surface area (Å²) in [7, 11) is 0. The van der Waals surface area contributed by atoms with Gasteiger partial charge in [0.2, 0.25) is 5.95 Å². The molecule has 0 fully saturated rings. The summed E-state index contributed by atoms with van der Waals surface area (Å²) >= 11 is 0. The van der Waals surface area contributed by atoms with Crippen molar-refractivity contribution in [3.63, 3.8) is 0 Å². The first-order valence-electron chi connectivity index (χ1n) is 6.63. The molecule has 1 aromatic heterocycles. The zero-order valence-corrected chi connectivity index (χ0v) is 11.1. The maximum absolute atomic E-state index is 11.0. The molecular weight excluding hydrogens is 252 g/mol. The summed E-state index contributed by atoms with van der Waals surface area (Å²) in [6, 6.07) is 10.3. The maximum atomic E-state index is 11.0. The molecule has 20 heavy (non-hydrogen) atoms. The quantitative estimate of drug-likeness (QED) is 0.853. The van der Waals surface area contributed by atoms with Crippen LogP contribution in [-0.2, 0) is 19.5 Å². The van der Waals surface area contributed by atoms with Crippen molar-refractivity contribution >= 4 is 12.2 Å². The highest BCUT2D eigenvalue weighted by atomic mass is 16.1. The predicted molar refractivity (Wildman–Crippen MR) is 76.1 cm³/mol. The summed E-state index contributed by atoms with van der Waals surface area (Å²) in [5.74, 6) is 0.174. The van der Waals surface area contributed by atoms with Gasteiger partial charge in [-0.2, -0.15) is 0 Å². The molecule has 1 aromatic carbocycles. The van der Waals surface area contributed by atoms with Gasteiger partial charge < -0.3 is 5.73 Å². The number of carbonyl (C=O) groups is 1. The van der Waals surface area contributed by atoms with E-state index in [2.05, 4.69) is 27.0 Å². The van der Waals surface area contributed by atoms with Crippen molar-refractivity contribution in [2.45, 2.75) is 19.5 Å². The van der Waals surface area contributed by atoms with E-state index in [1.54, 1.807) is 0 Å². The van der Waals surface area contributed by atoms with Crippen molar-refractivity contribution in [1.82, 2.24) is 14.9 Å². The zero-order valence-electron chi connectivity index (χ0n) is 11.1. The minimum absolute atomic E-state index is 0.174. The van der Waals surface area contributed by atoms with Gasteiger partial charge in [0.1, 0.15) is 5.69 Å². The normalized spacial score (nSPS) is 14.8. The van der Waals surface area contributed by atoms with E-state index < -0.39 is 0 Å². The second kappa shape index (κ2) is 5.38. The first kappa shape index (κ1) is 12.7. The molecule has 3 rings (SSSR count). The summed E-state index contributed by atoms with van der Waals surface area (Å²) in [4.78, 5) is 21.6. The van der Waals surface area contributed by atoms with Gasteiger partial charge in [0, 0.05) is 25.2 Å². The molecule has 2 heterocycles. The molecule has 0 unspecified atom stereocenters. The standard InChI is InChI=1S/C15H16N4O/c16-15-17-13-9-19(8-11-4-2-1-3-5-11)7-6-12(13)14(10-20)18-15/h1-5,10H,6-9H2,(H2,16,17,18). The van der Waals surface area contributed by atoms with E-state index in [0.717, 1.165) is 37.1 Å². The third-order valence-corrected chi connectivity index (χ3v) is 3.55. The summed E-state index contributed by atoms with van der Waals surface area (Å²) in [5, 5.41) is 0. The molecule has 0 spiro atoms. The van der Waals surface area contributed by atoms with Crippen LogP contribution in [0, 0.1) is 0 Å². The molecule has 0 saturated heterocycles. The number of nitrogen functional groups attached to an aromatic ring is 1. The molecule has 0 aliphatic carbocycles. The van der Waals surface area contributed by atoms with Crippen LogP contribution in [0.2, 0.25) is 0 Å². The van der Waals surface area contributed by atoms with Crippen LogP contribution in [0.4, 0.5) is 5.95 Å².